The van der Waals surface area contributed by atoms with Gasteiger partial charge in [0.1, 0.15) is 0 Å². The minimum Gasteiger partial charge on any atom is -0.330 e. The molecule has 1 rings (SSSR count). The van der Waals surface area contributed by atoms with Crippen LogP contribution in [-0.4, -0.2) is 37.8 Å². The number of nitrogens with zero attached hydrogens (tertiary/aromatic N) is 1. The lowest BCUT2D eigenvalue weighted by atomic mass is 10.1. The fourth-order valence-corrected chi connectivity index (χ4v) is 1.56. The topological polar surface area (TPSA) is 29.3 Å². The van der Waals surface area contributed by atoms with E-state index >= 15 is 0 Å². The summed E-state index contributed by atoms with van der Waals surface area (Å²) in [5.41, 5.74) is 5.37. The third kappa shape index (κ3) is 2.75. The van der Waals surface area contributed by atoms with Crippen LogP contribution in [0.4, 0.5) is 4.39 Å². The maximum atomic E-state index is 12.1. The lowest BCUT2D eigenvalue weighted by Crippen LogP contribution is -2.24. The van der Waals surface area contributed by atoms with E-state index in [0.29, 0.717) is 5.92 Å². The molecular weight excluding hydrogens is 143 g/mol. The summed E-state index contributed by atoms with van der Waals surface area (Å²) in [5.74, 6) is 0.299. The molecule has 2 N–H and O–H groups in total. The first kappa shape index (κ1) is 8.94. The molecular formula is C8H17FN2. The van der Waals surface area contributed by atoms with E-state index in [1.807, 2.05) is 0 Å². The Morgan fingerprint density at radius 2 is 2.36 bits per heavy atom. The van der Waals surface area contributed by atoms with Crippen molar-refractivity contribution in [2.45, 2.75) is 12.8 Å². The highest BCUT2D eigenvalue weighted by Crippen LogP contribution is 2.15. The Morgan fingerprint density at radius 3 is 2.91 bits per heavy atom. The molecule has 1 atom stereocenters. The van der Waals surface area contributed by atoms with Crippen LogP contribution in [0.5, 0.6) is 0 Å². The van der Waals surface area contributed by atoms with Crippen molar-refractivity contribution in [2.24, 2.45) is 11.7 Å². The fraction of sp³-hybridized carbons (Fsp3) is 1.00. The molecule has 1 heterocycles. The van der Waals surface area contributed by atoms with Gasteiger partial charge in [-0.25, -0.2) is 0 Å². The molecule has 0 bridgehead atoms. The molecule has 1 aliphatic heterocycles. The Hall–Kier alpha value is -0.150. The molecule has 0 spiro atoms. The predicted octanol–water partition coefficient (Wildman–Crippen LogP) is 0.627. The highest BCUT2D eigenvalue weighted by molar-refractivity contribution is 4.74. The van der Waals surface area contributed by atoms with Gasteiger partial charge in [-0.1, -0.05) is 0 Å². The molecule has 0 radical (unpaired) electrons. The molecule has 1 fully saturated rings. The van der Waals surface area contributed by atoms with Crippen molar-refractivity contribution in [1.82, 2.24) is 4.90 Å². The van der Waals surface area contributed by atoms with E-state index in [2.05, 4.69) is 4.90 Å². The zero-order valence-corrected chi connectivity index (χ0v) is 6.93. The number of hydrogen-bond acceptors (Lipinski definition) is 2. The number of rotatable bonds is 4. The summed E-state index contributed by atoms with van der Waals surface area (Å²) in [6.45, 7) is 3.65. The van der Waals surface area contributed by atoms with Crippen molar-refractivity contribution in [3.8, 4) is 0 Å². The Morgan fingerprint density at radius 1 is 1.55 bits per heavy atom. The van der Waals surface area contributed by atoms with Crippen LogP contribution in [0.2, 0.25) is 0 Å². The summed E-state index contributed by atoms with van der Waals surface area (Å²) in [4.78, 5) is 2.30. The molecule has 0 aliphatic carbocycles. The average Bonchev–Trinajstić information content (AvgIpc) is 2.48. The molecule has 0 saturated carbocycles. The monoisotopic (exact) mass is 160 g/mol. The minimum absolute atomic E-state index is 0.154. The molecule has 0 aromatic rings. The third-order valence-electron chi connectivity index (χ3n) is 2.27. The van der Waals surface area contributed by atoms with E-state index in [-0.39, 0.29) is 6.67 Å². The third-order valence-corrected chi connectivity index (χ3v) is 2.27. The first-order chi connectivity index (χ1) is 5.36. The maximum absolute atomic E-state index is 12.1. The zero-order chi connectivity index (χ0) is 8.10. The summed E-state index contributed by atoms with van der Waals surface area (Å²) in [5, 5.41) is 0. The van der Waals surface area contributed by atoms with Crippen LogP contribution in [0.1, 0.15) is 12.8 Å². The summed E-state index contributed by atoms with van der Waals surface area (Å²) < 4.78 is 12.1. The predicted molar refractivity (Wildman–Crippen MR) is 44.2 cm³/mol. The lowest BCUT2D eigenvalue weighted by molar-refractivity contribution is 0.301. The van der Waals surface area contributed by atoms with E-state index in [1.54, 1.807) is 0 Å². The van der Waals surface area contributed by atoms with E-state index in [9.17, 15) is 4.39 Å². The van der Waals surface area contributed by atoms with Gasteiger partial charge in [0.05, 0.1) is 6.67 Å². The molecule has 1 aliphatic rings. The standard InChI is InChI=1S/C8H17FN2/c9-6-8-2-5-11(7-8)4-1-3-10/h8H,1-7,10H2/t8-/m1/s1. The normalized spacial score (nSPS) is 26.2. The van der Waals surface area contributed by atoms with Gasteiger partial charge in [0.2, 0.25) is 0 Å². The van der Waals surface area contributed by atoms with Gasteiger partial charge in [-0.05, 0) is 32.5 Å². The van der Waals surface area contributed by atoms with Crippen LogP contribution in [0.25, 0.3) is 0 Å². The van der Waals surface area contributed by atoms with Crippen molar-refractivity contribution in [3.63, 3.8) is 0 Å². The van der Waals surface area contributed by atoms with E-state index in [1.165, 1.54) is 0 Å². The highest BCUT2D eigenvalue weighted by atomic mass is 19.1. The van der Waals surface area contributed by atoms with Gasteiger partial charge in [-0.3, -0.25) is 4.39 Å². The van der Waals surface area contributed by atoms with Gasteiger partial charge in [0, 0.05) is 12.5 Å². The van der Waals surface area contributed by atoms with Crippen LogP contribution < -0.4 is 5.73 Å². The summed E-state index contributed by atoms with van der Waals surface area (Å²) in [6, 6.07) is 0. The largest absolute Gasteiger partial charge is 0.330 e. The second-order valence-electron chi connectivity index (χ2n) is 3.25. The molecule has 11 heavy (non-hydrogen) atoms. The summed E-state index contributed by atoms with van der Waals surface area (Å²) in [7, 11) is 0. The van der Waals surface area contributed by atoms with Crippen LogP contribution >= 0.6 is 0 Å². The SMILES string of the molecule is NCCCN1CC[C@H](CF)C1. The van der Waals surface area contributed by atoms with Gasteiger partial charge in [0.15, 0.2) is 0 Å². The molecule has 66 valence electrons. The Bertz CT molecular complexity index is 108. The number of alkyl halides is 1. The number of hydrogen-bond donors (Lipinski definition) is 1. The highest BCUT2D eigenvalue weighted by Gasteiger charge is 2.20. The Balaban J connectivity index is 2.09. The van der Waals surface area contributed by atoms with E-state index < -0.39 is 0 Å². The number of likely N-dealkylation sites (tertiary alicyclic amines) is 1. The summed E-state index contributed by atoms with van der Waals surface area (Å²) in [6.07, 6.45) is 2.07. The molecule has 0 amide bonds. The van der Waals surface area contributed by atoms with Crippen LogP contribution in [0, 0.1) is 5.92 Å². The number of halogens is 1. The Labute approximate surface area is 67.6 Å². The van der Waals surface area contributed by atoms with Gasteiger partial charge >= 0.3 is 0 Å². The molecule has 2 nitrogen and oxygen atoms in total. The second kappa shape index (κ2) is 4.67. The first-order valence-corrected chi connectivity index (χ1v) is 4.35. The van der Waals surface area contributed by atoms with Crippen molar-refractivity contribution < 1.29 is 4.39 Å². The summed E-state index contributed by atoms with van der Waals surface area (Å²) >= 11 is 0. The van der Waals surface area contributed by atoms with Crippen molar-refractivity contribution in [3.05, 3.63) is 0 Å². The molecule has 0 unspecified atom stereocenters. The van der Waals surface area contributed by atoms with Gasteiger partial charge < -0.3 is 10.6 Å². The second-order valence-corrected chi connectivity index (χ2v) is 3.25. The van der Waals surface area contributed by atoms with E-state index in [4.69, 9.17) is 5.73 Å². The van der Waals surface area contributed by atoms with Gasteiger partial charge in [-0.2, -0.15) is 0 Å². The first-order valence-electron chi connectivity index (χ1n) is 4.35. The number of nitrogens with two attached hydrogens (primary N) is 1. The zero-order valence-electron chi connectivity index (χ0n) is 6.93. The van der Waals surface area contributed by atoms with Crippen molar-refractivity contribution in [2.75, 3.05) is 32.9 Å². The lowest BCUT2D eigenvalue weighted by Gasteiger charge is -2.13. The minimum atomic E-state index is -0.154. The maximum Gasteiger partial charge on any atom is 0.0935 e. The smallest absolute Gasteiger partial charge is 0.0935 e. The van der Waals surface area contributed by atoms with Gasteiger partial charge in [0.25, 0.3) is 0 Å². The van der Waals surface area contributed by atoms with Crippen LogP contribution in [0.3, 0.4) is 0 Å². The molecule has 3 heteroatoms. The molecule has 1 saturated heterocycles. The average molecular weight is 160 g/mol. The van der Waals surface area contributed by atoms with Crippen LogP contribution in [0.15, 0.2) is 0 Å². The van der Waals surface area contributed by atoms with Crippen molar-refractivity contribution in [1.29, 1.82) is 0 Å². The molecule has 0 aromatic carbocycles. The van der Waals surface area contributed by atoms with Gasteiger partial charge in [-0.15, -0.1) is 0 Å². The quantitative estimate of drug-likeness (QED) is 0.653. The van der Waals surface area contributed by atoms with Crippen molar-refractivity contribution >= 4 is 0 Å². The Kier molecular flexibility index (Phi) is 3.80. The van der Waals surface area contributed by atoms with E-state index in [0.717, 1.165) is 39.0 Å². The fourth-order valence-electron chi connectivity index (χ4n) is 1.56. The van der Waals surface area contributed by atoms with Crippen LogP contribution in [-0.2, 0) is 0 Å². The molecule has 0 aromatic heterocycles.